The molecule has 0 bridgehead atoms. The van der Waals surface area contributed by atoms with Gasteiger partial charge in [0.2, 0.25) is 0 Å². The van der Waals surface area contributed by atoms with Crippen LogP contribution in [0, 0.1) is 0 Å². The molecule has 0 saturated heterocycles. The van der Waals surface area contributed by atoms with Crippen LogP contribution in [-0.2, 0) is 6.42 Å². The molecule has 4 nitrogen and oxygen atoms in total. The zero-order chi connectivity index (χ0) is 17.6. The topological polar surface area (TPSA) is 53.7 Å². The van der Waals surface area contributed by atoms with Gasteiger partial charge >= 0.3 is 6.25 Å². The Morgan fingerprint density at radius 3 is 1.91 bits per heavy atom. The number of hydrogen-bond acceptors (Lipinski definition) is 4. The van der Waals surface area contributed by atoms with Crippen LogP contribution in [0.3, 0.4) is 0 Å². The van der Waals surface area contributed by atoms with Crippen LogP contribution >= 0.6 is 56.4 Å². The van der Waals surface area contributed by atoms with Crippen molar-refractivity contribution in [3.8, 4) is 17.2 Å². The van der Waals surface area contributed by atoms with Crippen LogP contribution in [0.15, 0.2) is 0 Å². The van der Waals surface area contributed by atoms with Gasteiger partial charge in [-0.1, -0.05) is 56.4 Å². The first-order chi connectivity index (χ1) is 10.8. The number of ether oxygens (including phenoxy) is 2. The second-order valence-electron chi connectivity index (χ2n) is 4.40. The number of nitrogens with two attached hydrogens (primary N) is 1. The van der Waals surface area contributed by atoms with E-state index in [9.17, 15) is 0 Å². The molecule has 0 spiro atoms. The van der Waals surface area contributed by atoms with Gasteiger partial charge in [0.1, 0.15) is 15.8 Å². The van der Waals surface area contributed by atoms with E-state index in [0.29, 0.717) is 49.7 Å². The lowest BCUT2D eigenvalue weighted by atomic mass is 10.1. The molecule has 10 heteroatoms. The highest BCUT2D eigenvalue weighted by Crippen LogP contribution is 2.51. The zero-order valence-corrected chi connectivity index (χ0v) is 17.5. The quantitative estimate of drug-likeness (QED) is 0.422. The van der Waals surface area contributed by atoms with Gasteiger partial charge in [-0.15, -0.1) is 0 Å². The van der Waals surface area contributed by atoms with Crippen molar-refractivity contribution in [3.63, 3.8) is 0 Å². The molecule has 0 aliphatic heterocycles. The summed E-state index contributed by atoms with van der Waals surface area (Å²) in [6, 6.07) is 0. The summed E-state index contributed by atoms with van der Waals surface area (Å²) in [5.41, 5.74) is 6.23. The molecule has 0 heterocycles. The van der Waals surface area contributed by atoms with Crippen molar-refractivity contribution in [2.45, 2.75) is 26.7 Å². The third-order valence-electron chi connectivity index (χ3n) is 2.77. The van der Waals surface area contributed by atoms with Crippen molar-refractivity contribution in [2.24, 2.45) is 5.73 Å². The van der Waals surface area contributed by atoms with Gasteiger partial charge in [0, 0.05) is 5.56 Å². The van der Waals surface area contributed by atoms with Crippen molar-refractivity contribution in [1.29, 1.82) is 0 Å². The maximum absolute atomic E-state index is 6.32. The Morgan fingerprint density at radius 1 is 0.913 bits per heavy atom. The molecule has 0 aliphatic rings. The van der Waals surface area contributed by atoms with Gasteiger partial charge in [-0.2, -0.15) is 0 Å². The summed E-state index contributed by atoms with van der Waals surface area (Å²) < 4.78 is 16.8. The predicted octanol–water partition coefficient (Wildman–Crippen LogP) is 5.21. The molecule has 23 heavy (non-hydrogen) atoms. The number of halogens is 5. The Labute approximate surface area is 161 Å². The molecule has 1 aromatic carbocycles. The standard InChI is InChI=1S/C13H18Cl5NO3Si/c1-3-20-12-8(6-5-7-19)11(22-23(16,17)18)9(14)10(15)13(12)21-4-2/h3-7,19H2,1-2H3. The molecule has 0 aromatic heterocycles. The molecule has 0 fully saturated rings. The molecular formula is C13H18Cl5NO3Si. The molecule has 1 rings (SSSR count). The summed E-state index contributed by atoms with van der Waals surface area (Å²) in [5.74, 6) is 1.01. The van der Waals surface area contributed by atoms with Crippen LogP contribution in [0.1, 0.15) is 25.8 Å². The molecule has 0 aliphatic carbocycles. The lowest BCUT2D eigenvalue weighted by Gasteiger charge is -2.23. The Hall–Kier alpha value is 0.247. The van der Waals surface area contributed by atoms with Gasteiger partial charge in [0.05, 0.1) is 13.2 Å². The minimum atomic E-state index is -3.46. The highest BCUT2D eigenvalue weighted by molar-refractivity contribution is 7.62. The SMILES string of the molecule is CCOc1c(Cl)c(Cl)c(O[Si](Cl)(Cl)Cl)c(CCCN)c1OCC. The fourth-order valence-electron chi connectivity index (χ4n) is 1.97. The van der Waals surface area contributed by atoms with Gasteiger partial charge in [-0.05, 0) is 33.2 Å². The number of hydrogen-bond donors (Lipinski definition) is 1. The first kappa shape index (κ1) is 21.3. The van der Waals surface area contributed by atoms with Crippen LogP contribution < -0.4 is 19.6 Å². The first-order valence-electron chi connectivity index (χ1n) is 7.01. The number of rotatable bonds is 9. The second kappa shape index (κ2) is 9.66. The van der Waals surface area contributed by atoms with E-state index in [0.717, 1.165) is 0 Å². The summed E-state index contributed by atoms with van der Waals surface area (Å²) in [4.78, 5) is 0. The molecular weight excluding hydrogens is 423 g/mol. The number of benzene rings is 1. The van der Waals surface area contributed by atoms with E-state index in [1.165, 1.54) is 0 Å². The molecule has 0 radical (unpaired) electrons. The van der Waals surface area contributed by atoms with Gasteiger partial charge in [0.15, 0.2) is 11.5 Å². The van der Waals surface area contributed by atoms with Crippen molar-refractivity contribution in [1.82, 2.24) is 0 Å². The summed E-state index contributed by atoms with van der Waals surface area (Å²) in [6.45, 7) is 4.94. The average molecular weight is 442 g/mol. The van der Waals surface area contributed by atoms with Crippen LogP contribution in [0.25, 0.3) is 0 Å². The van der Waals surface area contributed by atoms with Crippen LogP contribution in [-0.4, -0.2) is 26.0 Å². The van der Waals surface area contributed by atoms with Crippen molar-refractivity contribution >= 4 is 62.7 Å². The lowest BCUT2D eigenvalue weighted by molar-refractivity contribution is 0.284. The Kier molecular flexibility index (Phi) is 8.94. The smallest absolute Gasteiger partial charge is 0.506 e. The molecule has 1 aromatic rings. The molecule has 0 amide bonds. The van der Waals surface area contributed by atoms with Crippen molar-refractivity contribution in [3.05, 3.63) is 15.6 Å². The summed E-state index contributed by atoms with van der Waals surface area (Å²) in [6.07, 6.45) is -2.27. The van der Waals surface area contributed by atoms with Crippen LogP contribution in [0.2, 0.25) is 10.0 Å². The Balaban J connectivity index is 3.58. The van der Waals surface area contributed by atoms with Gasteiger partial charge < -0.3 is 19.6 Å². The normalized spacial score (nSPS) is 11.5. The Bertz CT molecular complexity index is 540. The molecule has 132 valence electrons. The molecule has 0 saturated carbocycles. The minimum Gasteiger partial charge on any atom is -0.506 e. The van der Waals surface area contributed by atoms with Crippen LogP contribution in [0.4, 0.5) is 0 Å². The van der Waals surface area contributed by atoms with E-state index in [4.69, 9.17) is 76.1 Å². The fraction of sp³-hybridized carbons (Fsp3) is 0.538. The van der Waals surface area contributed by atoms with E-state index in [1.807, 2.05) is 13.8 Å². The van der Waals surface area contributed by atoms with E-state index >= 15 is 0 Å². The molecule has 2 N–H and O–H groups in total. The molecule has 0 unspecified atom stereocenters. The highest BCUT2D eigenvalue weighted by atomic mass is 35.8. The van der Waals surface area contributed by atoms with Gasteiger partial charge in [0.25, 0.3) is 0 Å². The largest absolute Gasteiger partial charge is 0.555 e. The third-order valence-corrected chi connectivity index (χ3v) is 4.72. The van der Waals surface area contributed by atoms with Gasteiger partial charge in [-0.3, -0.25) is 0 Å². The lowest BCUT2D eigenvalue weighted by Crippen LogP contribution is -2.22. The average Bonchev–Trinajstić information content (AvgIpc) is 2.47. The van der Waals surface area contributed by atoms with E-state index in [1.54, 1.807) is 0 Å². The van der Waals surface area contributed by atoms with Crippen molar-refractivity contribution in [2.75, 3.05) is 19.8 Å². The molecule has 0 atom stereocenters. The van der Waals surface area contributed by atoms with Crippen LogP contribution in [0.5, 0.6) is 17.2 Å². The Morgan fingerprint density at radius 2 is 1.43 bits per heavy atom. The predicted molar refractivity (Wildman–Crippen MR) is 100 cm³/mol. The highest BCUT2D eigenvalue weighted by Gasteiger charge is 2.35. The maximum atomic E-state index is 6.32. The third kappa shape index (κ3) is 5.92. The van der Waals surface area contributed by atoms with Crippen molar-refractivity contribution < 1.29 is 13.9 Å². The maximum Gasteiger partial charge on any atom is 0.555 e. The zero-order valence-electron chi connectivity index (χ0n) is 12.7. The summed E-state index contributed by atoms with van der Waals surface area (Å²) in [5, 5.41) is 0.288. The van der Waals surface area contributed by atoms with E-state index in [2.05, 4.69) is 0 Å². The fourth-order valence-corrected chi connectivity index (χ4v) is 3.65. The first-order valence-corrected chi connectivity index (χ1v) is 12.7. The monoisotopic (exact) mass is 439 g/mol. The second-order valence-corrected chi connectivity index (χ2v) is 12.8. The van der Waals surface area contributed by atoms with E-state index in [-0.39, 0.29) is 15.8 Å². The van der Waals surface area contributed by atoms with Gasteiger partial charge in [-0.25, -0.2) is 0 Å². The summed E-state index contributed by atoms with van der Waals surface area (Å²) >= 11 is 30.2. The minimum absolute atomic E-state index is 0.129. The summed E-state index contributed by atoms with van der Waals surface area (Å²) in [7, 11) is 0. The van der Waals surface area contributed by atoms with E-state index < -0.39 is 6.25 Å².